The lowest BCUT2D eigenvalue weighted by Gasteiger charge is -2.11. The molecule has 72 valence electrons. The minimum absolute atomic E-state index is 0.194. The zero-order valence-electron chi connectivity index (χ0n) is 7.77. The smallest absolute Gasteiger partial charge is 0.137 e. The maximum Gasteiger partial charge on any atom is 0.137 e. The number of hydrogen-bond donors (Lipinski definition) is 1. The standard InChI is InChI=1S/C10H13BrFN/c1-7(13-2)6-8-4-3-5-9(12)10(8)11/h3-5,7,13H,6H2,1-2H3. The summed E-state index contributed by atoms with van der Waals surface area (Å²) < 4.78 is 13.6. The molecule has 0 amide bonds. The number of likely N-dealkylation sites (N-methyl/N-ethyl adjacent to an activating group) is 1. The van der Waals surface area contributed by atoms with Crippen LogP contribution in [-0.4, -0.2) is 13.1 Å². The summed E-state index contributed by atoms with van der Waals surface area (Å²) in [7, 11) is 1.90. The minimum atomic E-state index is -0.194. The normalized spacial score (nSPS) is 12.9. The van der Waals surface area contributed by atoms with Crippen molar-refractivity contribution in [2.75, 3.05) is 7.05 Å². The van der Waals surface area contributed by atoms with Gasteiger partial charge in [0.2, 0.25) is 0 Å². The van der Waals surface area contributed by atoms with Gasteiger partial charge in [-0.1, -0.05) is 12.1 Å². The van der Waals surface area contributed by atoms with Gasteiger partial charge in [-0.05, 0) is 48.0 Å². The van der Waals surface area contributed by atoms with Crippen LogP contribution in [0.1, 0.15) is 12.5 Å². The molecule has 0 fully saturated rings. The highest BCUT2D eigenvalue weighted by molar-refractivity contribution is 9.10. The Labute approximate surface area is 86.5 Å². The van der Waals surface area contributed by atoms with Crippen LogP contribution in [0.3, 0.4) is 0 Å². The van der Waals surface area contributed by atoms with E-state index < -0.39 is 0 Å². The second kappa shape index (κ2) is 4.72. The average molecular weight is 246 g/mol. The Bertz CT molecular complexity index is 288. The maximum absolute atomic E-state index is 13.1. The Balaban J connectivity index is 2.83. The molecule has 0 saturated heterocycles. The molecular formula is C10H13BrFN. The van der Waals surface area contributed by atoms with Crippen LogP contribution in [-0.2, 0) is 6.42 Å². The average Bonchev–Trinajstić information content (AvgIpc) is 2.13. The summed E-state index contributed by atoms with van der Waals surface area (Å²) in [6.07, 6.45) is 0.828. The van der Waals surface area contributed by atoms with E-state index in [0.29, 0.717) is 10.5 Å². The van der Waals surface area contributed by atoms with Gasteiger partial charge >= 0.3 is 0 Å². The van der Waals surface area contributed by atoms with Crippen molar-refractivity contribution in [3.8, 4) is 0 Å². The van der Waals surface area contributed by atoms with Crippen LogP contribution in [0.4, 0.5) is 4.39 Å². The second-order valence-electron chi connectivity index (χ2n) is 3.11. The van der Waals surface area contributed by atoms with Gasteiger partial charge in [-0.15, -0.1) is 0 Å². The van der Waals surface area contributed by atoms with Crippen LogP contribution < -0.4 is 5.32 Å². The van der Waals surface area contributed by atoms with Crippen molar-refractivity contribution in [1.29, 1.82) is 0 Å². The zero-order chi connectivity index (χ0) is 9.84. The fourth-order valence-corrected chi connectivity index (χ4v) is 1.56. The van der Waals surface area contributed by atoms with E-state index >= 15 is 0 Å². The minimum Gasteiger partial charge on any atom is -0.317 e. The van der Waals surface area contributed by atoms with Crippen molar-refractivity contribution >= 4 is 15.9 Å². The molecule has 0 saturated carbocycles. The van der Waals surface area contributed by atoms with E-state index in [0.717, 1.165) is 12.0 Å². The molecule has 13 heavy (non-hydrogen) atoms. The molecule has 1 aromatic rings. The Morgan fingerprint density at radius 3 is 2.85 bits per heavy atom. The molecule has 1 rings (SSSR count). The third-order valence-electron chi connectivity index (χ3n) is 2.05. The summed E-state index contributed by atoms with van der Waals surface area (Å²) in [5.74, 6) is -0.194. The van der Waals surface area contributed by atoms with Crippen molar-refractivity contribution in [2.45, 2.75) is 19.4 Å². The third kappa shape index (κ3) is 2.78. The second-order valence-corrected chi connectivity index (χ2v) is 3.90. The van der Waals surface area contributed by atoms with Crippen LogP contribution in [0.2, 0.25) is 0 Å². The molecule has 0 aliphatic carbocycles. The largest absolute Gasteiger partial charge is 0.317 e. The molecule has 0 bridgehead atoms. The van der Waals surface area contributed by atoms with Gasteiger partial charge in [-0.3, -0.25) is 0 Å². The molecule has 1 aromatic carbocycles. The summed E-state index contributed by atoms with van der Waals surface area (Å²) in [5.41, 5.74) is 1.00. The van der Waals surface area contributed by atoms with E-state index in [1.54, 1.807) is 6.07 Å². The number of hydrogen-bond acceptors (Lipinski definition) is 1. The summed E-state index contributed by atoms with van der Waals surface area (Å²) in [6, 6.07) is 5.48. The van der Waals surface area contributed by atoms with E-state index in [9.17, 15) is 4.39 Å². The highest BCUT2D eigenvalue weighted by Gasteiger charge is 2.07. The Morgan fingerprint density at radius 1 is 1.54 bits per heavy atom. The Kier molecular flexibility index (Phi) is 3.88. The quantitative estimate of drug-likeness (QED) is 0.864. The van der Waals surface area contributed by atoms with Gasteiger partial charge < -0.3 is 5.32 Å². The molecule has 0 aromatic heterocycles. The molecule has 1 atom stereocenters. The lowest BCUT2D eigenvalue weighted by atomic mass is 10.1. The number of nitrogens with one attached hydrogen (secondary N) is 1. The van der Waals surface area contributed by atoms with Crippen molar-refractivity contribution in [3.05, 3.63) is 34.1 Å². The first-order valence-corrected chi connectivity index (χ1v) is 5.04. The van der Waals surface area contributed by atoms with Crippen LogP contribution in [0.5, 0.6) is 0 Å². The summed E-state index contributed by atoms with van der Waals surface area (Å²) in [6.45, 7) is 2.07. The fourth-order valence-electron chi connectivity index (χ4n) is 1.14. The predicted octanol–water partition coefficient (Wildman–Crippen LogP) is 2.74. The van der Waals surface area contributed by atoms with E-state index in [-0.39, 0.29) is 5.82 Å². The van der Waals surface area contributed by atoms with E-state index in [1.807, 2.05) is 13.1 Å². The lowest BCUT2D eigenvalue weighted by molar-refractivity contribution is 0.592. The van der Waals surface area contributed by atoms with E-state index in [2.05, 4.69) is 28.2 Å². The fraction of sp³-hybridized carbons (Fsp3) is 0.400. The highest BCUT2D eigenvalue weighted by atomic mass is 79.9. The highest BCUT2D eigenvalue weighted by Crippen LogP contribution is 2.21. The maximum atomic E-state index is 13.1. The Morgan fingerprint density at radius 2 is 2.23 bits per heavy atom. The molecule has 1 nitrogen and oxygen atoms in total. The number of rotatable bonds is 3. The lowest BCUT2D eigenvalue weighted by Crippen LogP contribution is -2.23. The molecular weight excluding hydrogens is 233 g/mol. The topological polar surface area (TPSA) is 12.0 Å². The monoisotopic (exact) mass is 245 g/mol. The van der Waals surface area contributed by atoms with Crippen LogP contribution in [0.25, 0.3) is 0 Å². The zero-order valence-corrected chi connectivity index (χ0v) is 9.36. The number of benzene rings is 1. The molecule has 0 aliphatic rings. The van der Waals surface area contributed by atoms with Crippen LogP contribution >= 0.6 is 15.9 Å². The van der Waals surface area contributed by atoms with Crippen molar-refractivity contribution in [2.24, 2.45) is 0 Å². The first-order valence-electron chi connectivity index (χ1n) is 4.25. The first kappa shape index (κ1) is 10.7. The predicted molar refractivity (Wildman–Crippen MR) is 56.3 cm³/mol. The summed E-state index contributed by atoms with van der Waals surface area (Å²) in [4.78, 5) is 0. The van der Waals surface area contributed by atoms with Gasteiger partial charge in [0.25, 0.3) is 0 Å². The third-order valence-corrected chi connectivity index (χ3v) is 2.94. The molecule has 0 spiro atoms. The molecule has 0 aliphatic heterocycles. The van der Waals surface area contributed by atoms with E-state index in [4.69, 9.17) is 0 Å². The summed E-state index contributed by atoms with van der Waals surface area (Å²) in [5, 5.41) is 3.12. The van der Waals surface area contributed by atoms with Gasteiger partial charge in [0.05, 0.1) is 4.47 Å². The van der Waals surface area contributed by atoms with Crippen molar-refractivity contribution < 1.29 is 4.39 Å². The Hall–Kier alpha value is -0.410. The van der Waals surface area contributed by atoms with Gasteiger partial charge in [-0.25, -0.2) is 4.39 Å². The molecule has 1 unspecified atom stereocenters. The molecule has 0 radical (unpaired) electrons. The van der Waals surface area contributed by atoms with Crippen LogP contribution in [0, 0.1) is 5.82 Å². The van der Waals surface area contributed by atoms with Crippen molar-refractivity contribution in [3.63, 3.8) is 0 Å². The van der Waals surface area contributed by atoms with E-state index in [1.165, 1.54) is 6.07 Å². The molecule has 3 heteroatoms. The SMILES string of the molecule is CNC(C)Cc1cccc(F)c1Br. The first-order chi connectivity index (χ1) is 6.15. The van der Waals surface area contributed by atoms with Gasteiger partial charge in [-0.2, -0.15) is 0 Å². The summed E-state index contributed by atoms with van der Waals surface area (Å²) >= 11 is 3.24. The van der Waals surface area contributed by atoms with Gasteiger partial charge in [0.1, 0.15) is 5.82 Å². The molecule has 0 heterocycles. The van der Waals surface area contributed by atoms with Gasteiger partial charge in [0, 0.05) is 6.04 Å². The number of halogens is 2. The molecule has 1 N–H and O–H groups in total. The van der Waals surface area contributed by atoms with Gasteiger partial charge in [0.15, 0.2) is 0 Å². The van der Waals surface area contributed by atoms with Crippen molar-refractivity contribution in [1.82, 2.24) is 5.32 Å². The van der Waals surface area contributed by atoms with Crippen LogP contribution in [0.15, 0.2) is 22.7 Å².